The molecule has 33 heavy (non-hydrogen) atoms. The van der Waals surface area contributed by atoms with Gasteiger partial charge in [0.05, 0.1) is 18.8 Å². The van der Waals surface area contributed by atoms with Gasteiger partial charge in [-0.3, -0.25) is 9.36 Å². The Morgan fingerprint density at radius 2 is 1.85 bits per heavy atom. The van der Waals surface area contributed by atoms with Crippen molar-refractivity contribution in [2.45, 2.75) is 39.4 Å². The second-order valence-electron chi connectivity index (χ2n) is 8.35. The number of nitrogens with zero attached hydrogens (tertiary/aromatic N) is 4. The highest BCUT2D eigenvalue weighted by molar-refractivity contribution is 6.30. The second-order valence-corrected chi connectivity index (χ2v) is 8.79. The molecule has 3 heterocycles. The molecule has 0 spiro atoms. The lowest BCUT2D eigenvalue weighted by atomic mass is 10.1. The van der Waals surface area contributed by atoms with E-state index in [9.17, 15) is 4.79 Å². The Labute approximate surface area is 195 Å². The predicted octanol–water partition coefficient (Wildman–Crippen LogP) is 4.78. The molecular weight excluding hydrogens is 442 g/mol. The fourth-order valence-electron chi connectivity index (χ4n) is 3.91. The first-order valence-corrected chi connectivity index (χ1v) is 11.2. The topological polar surface area (TPSA) is 83.2 Å². The van der Waals surface area contributed by atoms with Gasteiger partial charge < -0.3 is 14.8 Å². The van der Waals surface area contributed by atoms with Gasteiger partial charge in [0.2, 0.25) is 12.7 Å². The largest absolute Gasteiger partial charge is 0.454 e. The summed E-state index contributed by atoms with van der Waals surface area (Å²) >= 11 is 6.05. The average molecular weight is 466 g/mol. The van der Waals surface area contributed by atoms with Crippen molar-refractivity contribution in [3.8, 4) is 11.5 Å². The van der Waals surface area contributed by atoms with Gasteiger partial charge in [0.15, 0.2) is 17.1 Å². The third-order valence-electron chi connectivity index (χ3n) is 5.69. The number of nitrogens with one attached hydrogen (secondary N) is 1. The van der Waals surface area contributed by atoms with E-state index in [-0.39, 0.29) is 24.4 Å². The van der Waals surface area contributed by atoms with E-state index < -0.39 is 0 Å². The maximum Gasteiger partial charge on any atom is 0.266 e. The standard InChI is InChI=1S/C24H24ClN5O3/c1-14(2)30-22-19(11-26-30)23(31)29(12-16-4-9-20-21(10-16)33-13-32-20)24(28-22)27-15(3)17-5-7-18(25)8-6-17/h4-11,14-15H,12-13H2,1-3H3,(H,27,28)/t15-/m1/s1. The summed E-state index contributed by atoms with van der Waals surface area (Å²) in [5.74, 6) is 1.84. The van der Waals surface area contributed by atoms with Crippen LogP contribution < -0.4 is 20.3 Å². The number of aromatic nitrogens is 4. The Kier molecular flexibility index (Phi) is 5.46. The molecule has 2 aromatic carbocycles. The average Bonchev–Trinajstić information content (AvgIpc) is 3.43. The summed E-state index contributed by atoms with van der Waals surface area (Å²) in [5, 5.41) is 8.97. The maximum absolute atomic E-state index is 13.5. The van der Waals surface area contributed by atoms with Gasteiger partial charge in [-0.25, -0.2) is 4.68 Å². The summed E-state index contributed by atoms with van der Waals surface area (Å²) in [7, 11) is 0. The zero-order valence-corrected chi connectivity index (χ0v) is 19.3. The molecule has 0 saturated carbocycles. The number of anilines is 1. The van der Waals surface area contributed by atoms with Crippen molar-refractivity contribution in [3.05, 3.63) is 75.2 Å². The highest BCUT2D eigenvalue weighted by atomic mass is 35.5. The van der Waals surface area contributed by atoms with E-state index in [1.54, 1.807) is 15.4 Å². The zero-order chi connectivity index (χ0) is 23.1. The number of hydrogen-bond acceptors (Lipinski definition) is 6. The van der Waals surface area contributed by atoms with Gasteiger partial charge in [0.25, 0.3) is 5.56 Å². The van der Waals surface area contributed by atoms with Crippen molar-refractivity contribution >= 4 is 28.6 Å². The highest BCUT2D eigenvalue weighted by Crippen LogP contribution is 2.33. The van der Waals surface area contributed by atoms with Crippen LogP contribution in [0.5, 0.6) is 11.5 Å². The van der Waals surface area contributed by atoms with E-state index >= 15 is 0 Å². The van der Waals surface area contributed by atoms with Crippen molar-refractivity contribution in [1.29, 1.82) is 0 Å². The molecule has 0 bridgehead atoms. The fourth-order valence-corrected chi connectivity index (χ4v) is 4.03. The summed E-state index contributed by atoms with van der Waals surface area (Å²) in [6.07, 6.45) is 1.59. The first-order valence-electron chi connectivity index (χ1n) is 10.8. The summed E-state index contributed by atoms with van der Waals surface area (Å²) in [6, 6.07) is 13.2. The molecule has 1 aliphatic rings. The minimum atomic E-state index is -0.157. The van der Waals surface area contributed by atoms with Gasteiger partial charge >= 0.3 is 0 Å². The molecule has 4 aromatic rings. The molecule has 1 aliphatic heterocycles. The Hall–Kier alpha value is -3.52. The van der Waals surface area contributed by atoms with Gasteiger partial charge in [-0.15, -0.1) is 0 Å². The number of halogens is 1. The quantitative estimate of drug-likeness (QED) is 0.441. The molecular formula is C24H24ClN5O3. The zero-order valence-electron chi connectivity index (χ0n) is 18.6. The Morgan fingerprint density at radius 3 is 2.61 bits per heavy atom. The second kappa shape index (κ2) is 8.44. The Bertz CT molecular complexity index is 1380. The fraction of sp³-hybridized carbons (Fsp3) is 0.292. The number of benzene rings is 2. The van der Waals surface area contributed by atoms with Crippen LogP contribution in [0.3, 0.4) is 0 Å². The lowest BCUT2D eigenvalue weighted by Crippen LogP contribution is -2.27. The van der Waals surface area contributed by atoms with Crippen molar-refractivity contribution < 1.29 is 9.47 Å². The van der Waals surface area contributed by atoms with Crippen LogP contribution in [-0.4, -0.2) is 26.1 Å². The maximum atomic E-state index is 13.5. The first-order chi connectivity index (χ1) is 15.9. The van der Waals surface area contributed by atoms with Crippen LogP contribution in [0.4, 0.5) is 5.95 Å². The minimum absolute atomic E-state index is 0.0700. The van der Waals surface area contributed by atoms with E-state index in [1.165, 1.54) is 0 Å². The number of hydrogen-bond donors (Lipinski definition) is 1. The monoisotopic (exact) mass is 465 g/mol. The van der Waals surface area contributed by atoms with E-state index in [4.69, 9.17) is 26.1 Å². The normalized spacial score (nSPS) is 13.6. The minimum Gasteiger partial charge on any atom is -0.454 e. The van der Waals surface area contributed by atoms with Crippen LogP contribution in [0, 0.1) is 0 Å². The van der Waals surface area contributed by atoms with Crippen LogP contribution in [0.1, 0.15) is 44.0 Å². The number of ether oxygens (including phenoxy) is 2. The van der Waals surface area contributed by atoms with Crippen LogP contribution in [0.25, 0.3) is 11.0 Å². The third-order valence-corrected chi connectivity index (χ3v) is 5.95. The SMILES string of the molecule is CC(C)n1ncc2c(=O)n(Cc3ccc4c(c3)OCO4)c(N[C@H](C)c3ccc(Cl)cc3)nc21. The van der Waals surface area contributed by atoms with Crippen LogP contribution >= 0.6 is 11.6 Å². The van der Waals surface area contributed by atoms with E-state index in [0.29, 0.717) is 40.0 Å². The molecule has 5 rings (SSSR count). The van der Waals surface area contributed by atoms with Gasteiger partial charge in [0.1, 0.15) is 5.39 Å². The molecule has 1 N–H and O–H groups in total. The smallest absolute Gasteiger partial charge is 0.266 e. The summed E-state index contributed by atoms with van der Waals surface area (Å²) in [4.78, 5) is 18.4. The highest BCUT2D eigenvalue weighted by Gasteiger charge is 2.20. The van der Waals surface area contributed by atoms with Crippen LogP contribution in [0.2, 0.25) is 5.02 Å². The summed E-state index contributed by atoms with van der Waals surface area (Å²) in [6.45, 7) is 6.56. The molecule has 170 valence electrons. The van der Waals surface area contributed by atoms with Gasteiger partial charge in [-0.2, -0.15) is 10.1 Å². The van der Waals surface area contributed by atoms with Gasteiger partial charge in [-0.05, 0) is 56.2 Å². The van der Waals surface area contributed by atoms with Crippen LogP contribution in [-0.2, 0) is 6.54 Å². The van der Waals surface area contributed by atoms with Crippen LogP contribution in [0.15, 0.2) is 53.5 Å². The molecule has 9 heteroatoms. The molecule has 1 atom stereocenters. The summed E-state index contributed by atoms with van der Waals surface area (Å²) < 4.78 is 14.3. The summed E-state index contributed by atoms with van der Waals surface area (Å²) in [5.41, 5.74) is 2.33. The molecule has 0 aliphatic carbocycles. The lowest BCUT2D eigenvalue weighted by molar-refractivity contribution is 0.174. The van der Waals surface area contributed by atoms with Gasteiger partial charge in [-0.1, -0.05) is 29.8 Å². The molecule has 0 amide bonds. The molecule has 0 radical (unpaired) electrons. The Balaban J connectivity index is 1.59. The first kappa shape index (κ1) is 21.3. The molecule has 0 saturated heterocycles. The lowest BCUT2D eigenvalue weighted by Gasteiger charge is -2.20. The third kappa shape index (κ3) is 4.02. The molecule has 0 fully saturated rings. The van der Waals surface area contributed by atoms with Crippen molar-refractivity contribution in [2.75, 3.05) is 12.1 Å². The molecule has 2 aromatic heterocycles. The molecule has 0 unspecified atom stereocenters. The molecule has 8 nitrogen and oxygen atoms in total. The number of fused-ring (bicyclic) bond motifs is 2. The van der Waals surface area contributed by atoms with Gasteiger partial charge in [0, 0.05) is 11.1 Å². The van der Waals surface area contributed by atoms with E-state index in [0.717, 1.165) is 11.1 Å². The number of rotatable bonds is 6. The van der Waals surface area contributed by atoms with Crippen molar-refractivity contribution in [3.63, 3.8) is 0 Å². The van der Waals surface area contributed by atoms with Crippen molar-refractivity contribution in [2.24, 2.45) is 0 Å². The Morgan fingerprint density at radius 1 is 1.09 bits per heavy atom. The van der Waals surface area contributed by atoms with E-state index in [2.05, 4.69) is 10.4 Å². The predicted molar refractivity (Wildman–Crippen MR) is 127 cm³/mol. The van der Waals surface area contributed by atoms with Crippen molar-refractivity contribution in [1.82, 2.24) is 19.3 Å². The van der Waals surface area contributed by atoms with E-state index in [1.807, 2.05) is 63.2 Å².